The number of hydrogen-bond donors (Lipinski definition) is 1. The molecule has 5 nitrogen and oxygen atoms in total. The molecule has 2 aromatic carbocycles. The van der Waals surface area contributed by atoms with Crippen molar-refractivity contribution in [3.05, 3.63) is 77.1 Å². The van der Waals surface area contributed by atoms with Crippen molar-refractivity contribution >= 4 is 29.0 Å². The van der Waals surface area contributed by atoms with Gasteiger partial charge in [0.2, 0.25) is 5.95 Å². The highest BCUT2D eigenvalue weighted by molar-refractivity contribution is 5.88. The molecule has 2 aliphatic rings. The average Bonchev–Trinajstić information content (AvgIpc) is 3.18. The van der Waals surface area contributed by atoms with E-state index < -0.39 is 0 Å². The van der Waals surface area contributed by atoms with E-state index in [1.165, 1.54) is 28.0 Å². The lowest BCUT2D eigenvalue weighted by atomic mass is 9.99. The monoisotopic (exact) mass is 384 g/mol. The first-order valence-corrected chi connectivity index (χ1v) is 10.1. The molecular weight excluding hydrogens is 360 g/mol. The van der Waals surface area contributed by atoms with Gasteiger partial charge in [-0.1, -0.05) is 24.3 Å². The molecule has 1 aliphatic carbocycles. The minimum Gasteiger partial charge on any atom is -0.378 e. The number of ether oxygens (including phenoxy) is 1. The fraction of sp³-hybridized carbons (Fsp3) is 0.250. The summed E-state index contributed by atoms with van der Waals surface area (Å²) in [5.41, 5.74) is 8.28. The van der Waals surface area contributed by atoms with Crippen LogP contribution in [0.25, 0.3) is 11.6 Å². The lowest BCUT2D eigenvalue weighted by Gasteiger charge is -2.28. The van der Waals surface area contributed by atoms with Gasteiger partial charge in [0, 0.05) is 42.6 Å². The molecule has 1 N–H and O–H groups in total. The number of nitrogens with zero attached hydrogens (tertiary/aromatic N) is 3. The smallest absolute Gasteiger partial charge is 0.227 e. The highest BCUT2D eigenvalue weighted by atomic mass is 16.5. The van der Waals surface area contributed by atoms with Gasteiger partial charge >= 0.3 is 0 Å². The van der Waals surface area contributed by atoms with Crippen molar-refractivity contribution in [3.63, 3.8) is 0 Å². The summed E-state index contributed by atoms with van der Waals surface area (Å²) in [4.78, 5) is 11.6. The first kappa shape index (κ1) is 17.9. The molecule has 1 saturated heterocycles. The number of allylic oxidation sites excluding steroid dienone is 1. The fourth-order valence-electron chi connectivity index (χ4n) is 3.98. The van der Waals surface area contributed by atoms with Crippen molar-refractivity contribution in [1.82, 2.24) is 9.97 Å². The summed E-state index contributed by atoms with van der Waals surface area (Å²) in [5, 5.41) is 3.34. The summed E-state index contributed by atoms with van der Waals surface area (Å²) in [5.74, 6) is 0.630. The van der Waals surface area contributed by atoms with Crippen molar-refractivity contribution in [1.29, 1.82) is 0 Å². The van der Waals surface area contributed by atoms with Crippen LogP contribution in [-0.4, -0.2) is 36.3 Å². The van der Waals surface area contributed by atoms with Gasteiger partial charge in [0.05, 0.1) is 18.9 Å². The SMILES string of the molecule is Cc1ccccc1C1=Cc2nc(Nc3ccc(N4CCOCC4)cc3)ncc2C1. The molecular formula is C24H24N4O. The number of morpholine rings is 1. The van der Waals surface area contributed by atoms with Crippen LogP contribution in [0.2, 0.25) is 0 Å². The van der Waals surface area contributed by atoms with Gasteiger partial charge in [0.15, 0.2) is 0 Å². The number of fused-ring (bicyclic) bond motifs is 1. The molecule has 0 spiro atoms. The van der Waals surface area contributed by atoms with Crippen LogP contribution in [0.4, 0.5) is 17.3 Å². The predicted octanol–water partition coefficient (Wildman–Crippen LogP) is 4.46. The number of benzene rings is 2. The first-order chi connectivity index (χ1) is 14.3. The Labute approximate surface area is 171 Å². The van der Waals surface area contributed by atoms with Gasteiger partial charge in [-0.05, 0) is 54.0 Å². The van der Waals surface area contributed by atoms with Crippen molar-refractivity contribution in [2.24, 2.45) is 0 Å². The molecule has 5 rings (SSSR count). The first-order valence-electron chi connectivity index (χ1n) is 10.1. The summed E-state index contributed by atoms with van der Waals surface area (Å²) in [7, 11) is 0. The minimum absolute atomic E-state index is 0.630. The number of aryl methyl sites for hydroxylation is 1. The average molecular weight is 384 g/mol. The van der Waals surface area contributed by atoms with Crippen LogP contribution in [0.5, 0.6) is 0 Å². The molecule has 0 radical (unpaired) electrons. The second-order valence-electron chi connectivity index (χ2n) is 7.54. The Kier molecular flexibility index (Phi) is 4.74. The standard InChI is InChI=1S/C24H24N4O/c1-17-4-2-3-5-22(17)18-14-19-16-25-24(27-23(19)15-18)26-20-6-8-21(9-7-20)28-10-12-29-13-11-28/h2-9,15-16H,10-14H2,1H3,(H,25,26,27). The van der Waals surface area contributed by atoms with Crippen LogP contribution >= 0.6 is 0 Å². The summed E-state index contributed by atoms with van der Waals surface area (Å²) < 4.78 is 5.43. The van der Waals surface area contributed by atoms with Crippen molar-refractivity contribution < 1.29 is 4.74 Å². The highest BCUT2D eigenvalue weighted by Gasteiger charge is 2.18. The molecule has 2 heterocycles. The summed E-state index contributed by atoms with van der Waals surface area (Å²) in [6.07, 6.45) is 5.01. The van der Waals surface area contributed by atoms with Crippen LogP contribution in [0.15, 0.2) is 54.7 Å². The number of anilines is 3. The van der Waals surface area contributed by atoms with Crippen LogP contribution in [0.1, 0.15) is 22.4 Å². The van der Waals surface area contributed by atoms with Crippen LogP contribution in [0, 0.1) is 6.92 Å². The summed E-state index contributed by atoms with van der Waals surface area (Å²) >= 11 is 0. The summed E-state index contributed by atoms with van der Waals surface area (Å²) in [6, 6.07) is 16.9. The largest absolute Gasteiger partial charge is 0.378 e. The Morgan fingerprint density at radius 2 is 1.79 bits per heavy atom. The molecule has 3 aromatic rings. The van der Waals surface area contributed by atoms with E-state index in [4.69, 9.17) is 9.72 Å². The second-order valence-corrected chi connectivity index (χ2v) is 7.54. The third kappa shape index (κ3) is 3.74. The number of nitrogens with one attached hydrogen (secondary N) is 1. The van der Waals surface area contributed by atoms with Crippen LogP contribution in [0.3, 0.4) is 0 Å². The Hall–Kier alpha value is -3.18. The van der Waals surface area contributed by atoms with Gasteiger partial charge in [-0.15, -0.1) is 0 Å². The lowest BCUT2D eigenvalue weighted by Crippen LogP contribution is -2.36. The zero-order valence-electron chi connectivity index (χ0n) is 16.6. The van der Waals surface area contributed by atoms with Gasteiger partial charge in [0.1, 0.15) is 0 Å². The maximum atomic E-state index is 5.43. The van der Waals surface area contributed by atoms with Gasteiger partial charge in [0.25, 0.3) is 0 Å². The lowest BCUT2D eigenvalue weighted by molar-refractivity contribution is 0.122. The quantitative estimate of drug-likeness (QED) is 0.720. The van der Waals surface area contributed by atoms with Crippen molar-refractivity contribution in [2.45, 2.75) is 13.3 Å². The van der Waals surface area contributed by atoms with Gasteiger partial charge in [-0.25, -0.2) is 9.97 Å². The van der Waals surface area contributed by atoms with Crippen molar-refractivity contribution in [3.8, 4) is 0 Å². The van der Waals surface area contributed by atoms with E-state index in [-0.39, 0.29) is 0 Å². The maximum absolute atomic E-state index is 5.43. The Morgan fingerprint density at radius 1 is 1.00 bits per heavy atom. The number of hydrogen-bond acceptors (Lipinski definition) is 5. The fourth-order valence-corrected chi connectivity index (χ4v) is 3.98. The molecule has 0 atom stereocenters. The molecule has 1 fully saturated rings. The van der Waals surface area contributed by atoms with Gasteiger partial charge < -0.3 is 15.0 Å². The minimum atomic E-state index is 0.630. The molecule has 29 heavy (non-hydrogen) atoms. The van der Waals surface area contributed by atoms with Crippen molar-refractivity contribution in [2.75, 3.05) is 36.5 Å². The number of aromatic nitrogens is 2. The zero-order valence-corrected chi connectivity index (χ0v) is 16.6. The van der Waals surface area contributed by atoms with E-state index in [2.05, 4.69) is 76.7 Å². The van der Waals surface area contributed by atoms with E-state index in [9.17, 15) is 0 Å². The van der Waals surface area contributed by atoms with Gasteiger partial charge in [-0.2, -0.15) is 0 Å². The molecule has 146 valence electrons. The third-order valence-electron chi connectivity index (χ3n) is 5.58. The van der Waals surface area contributed by atoms with Crippen LogP contribution < -0.4 is 10.2 Å². The molecule has 0 saturated carbocycles. The molecule has 1 aliphatic heterocycles. The normalized spacial score (nSPS) is 15.8. The molecule has 1 aromatic heterocycles. The Bertz CT molecular complexity index is 1050. The van der Waals surface area contributed by atoms with Gasteiger partial charge in [-0.3, -0.25) is 0 Å². The molecule has 5 heteroatoms. The summed E-state index contributed by atoms with van der Waals surface area (Å²) in [6.45, 7) is 5.62. The topological polar surface area (TPSA) is 50.3 Å². The van der Waals surface area contributed by atoms with E-state index in [0.717, 1.165) is 44.1 Å². The Balaban J connectivity index is 1.32. The predicted molar refractivity (Wildman–Crippen MR) is 118 cm³/mol. The highest BCUT2D eigenvalue weighted by Crippen LogP contribution is 2.32. The number of rotatable bonds is 4. The molecule has 0 amide bonds. The van der Waals surface area contributed by atoms with E-state index in [1.807, 2.05) is 6.20 Å². The molecule has 0 unspecified atom stereocenters. The maximum Gasteiger partial charge on any atom is 0.227 e. The molecule has 0 bridgehead atoms. The van der Waals surface area contributed by atoms with E-state index >= 15 is 0 Å². The van der Waals surface area contributed by atoms with E-state index in [1.54, 1.807) is 0 Å². The Morgan fingerprint density at radius 3 is 2.59 bits per heavy atom. The zero-order chi connectivity index (χ0) is 19.6. The second kappa shape index (κ2) is 7.68. The van der Waals surface area contributed by atoms with Crippen LogP contribution in [-0.2, 0) is 11.2 Å². The third-order valence-corrected chi connectivity index (χ3v) is 5.58. The van der Waals surface area contributed by atoms with E-state index in [0.29, 0.717) is 5.95 Å².